The molecule has 0 amide bonds. The zero-order valence-electron chi connectivity index (χ0n) is 14.7. The minimum Gasteiger partial charge on any atom is -0.454 e. The fraction of sp³-hybridized carbons (Fsp3) is 0.350. The van der Waals surface area contributed by atoms with E-state index >= 15 is 0 Å². The van der Waals surface area contributed by atoms with Gasteiger partial charge in [0.15, 0.2) is 16.6 Å². The molecule has 0 fully saturated rings. The van der Waals surface area contributed by atoms with Gasteiger partial charge in [0.2, 0.25) is 6.79 Å². The van der Waals surface area contributed by atoms with E-state index in [-0.39, 0.29) is 6.79 Å². The summed E-state index contributed by atoms with van der Waals surface area (Å²) in [5.41, 5.74) is 3.75. The number of anilines is 2. The summed E-state index contributed by atoms with van der Waals surface area (Å²) in [7, 11) is 0. The Labute approximate surface area is 159 Å². The van der Waals surface area contributed by atoms with Crippen LogP contribution in [0.4, 0.5) is 11.4 Å². The summed E-state index contributed by atoms with van der Waals surface area (Å²) >= 11 is 5.39. The van der Waals surface area contributed by atoms with Crippen molar-refractivity contribution in [2.24, 2.45) is 0 Å². The maximum absolute atomic E-state index is 5.39. The third-order valence-electron chi connectivity index (χ3n) is 4.73. The molecule has 0 saturated heterocycles. The molecular formula is C20H23N3O2S. The standard InChI is InChI=1S/C20H23N3O2S/c26-20(22-16-8-9-18-19(13-16)25-14-24-18)21-10-4-12-23-11-3-6-15-5-1-2-7-17(15)23/h1-2,5,7-9,13H,3-4,6,10-12,14H2,(H2,21,22,26). The lowest BCUT2D eigenvalue weighted by atomic mass is 10.0. The maximum atomic E-state index is 5.39. The van der Waals surface area contributed by atoms with Crippen LogP contribution in [0.1, 0.15) is 18.4 Å². The lowest BCUT2D eigenvalue weighted by Crippen LogP contribution is -2.34. The second-order valence-electron chi connectivity index (χ2n) is 6.52. The van der Waals surface area contributed by atoms with Crippen molar-refractivity contribution in [3.63, 3.8) is 0 Å². The van der Waals surface area contributed by atoms with E-state index in [1.165, 1.54) is 24.1 Å². The molecule has 2 heterocycles. The molecule has 2 aromatic carbocycles. The van der Waals surface area contributed by atoms with Crippen molar-refractivity contribution in [2.75, 3.05) is 36.6 Å². The molecule has 0 saturated carbocycles. The number of aryl methyl sites for hydroxylation is 1. The lowest BCUT2D eigenvalue weighted by Gasteiger charge is -2.31. The van der Waals surface area contributed by atoms with Gasteiger partial charge >= 0.3 is 0 Å². The van der Waals surface area contributed by atoms with Crippen molar-refractivity contribution in [3.05, 3.63) is 48.0 Å². The molecule has 2 aromatic rings. The molecule has 2 N–H and O–H groups in total. The summed E-state index contributed by atoms with van der Waals surface area (Å²) in [5.74, 6) is 1.53. The minimum atomic E-state index is 0.279. The molecule has 26 heavy (non-hydrogen) atoms. The third kappa shape index (κ3) is 3.85. The Balaban J connectivity index is 1.22. The molecule has 136 valence electrons. The molecule has 0 atom stereocenters. The first-order chi connectivity index (χ1) is 12.8. The molecule has 0 spiro atoms. The Bertz CT molecular complexity index is 796. The third-order valence-corrected chi connectivity index (χ3v) is 4.97. The van der Waals surface area contributed by atoms with E-state index in [2.05, 4.69) is 39.8 Å². The van der Waals surface area contributed by atoms with Gasteiger partial charge in [0.1, 0.15) is 0 Å². The zero-order chi connectivity index (χ0) is 17.8. The SMILES string of the molecule is S=C(NCCCN1CCCc2ccccc21)Nc1ccc2c(c1)OCO2. The van der Waals surface area contributed by atoms with Gasteiger partial charge in [-0.3, -0.25) is 0 Å². The number of hydrogen-bond donors (Lipinski definition) is 2. The number of para-hydroxylation sites is 1. The highest BCUT2D eigenvalue weighted by Crippen LogP contribution is 2.34. The quantitative estimate of drug-likeness (QED) is 0.621. The molecular weight excluding hydrogens is 346 g/mol. The molecule has 0 bridgehead atoms. The maximum Gasteiger partial charge on any atom is 0.231 e. The van der Waals surface area contributed by atoms with Crippen molar-refractivity contribution < 1.29 is 9.47 Å². The van der Waals surface area contributed by atoms with Gasteiger partial charge in [-0.15, -0.1) is 0 Å². The first-order valence-corrected chi connectivity index (χ1v) is 9.48. The van der Waals surface area contributed by atoms with Crippen LogP contribution in [0.3, 0.4) is 0 Å². The fourth-order valence-electron chi connectivity index (χ4n) is 3.47. The highest BCUT2D eigenvalue weighted by atomic mass is 32.1. The van der Waals surface area contributed by atoms with Crippen LogP contribution < -0.4 is 25.0 Å². The van der Waals surface area contributed by atoms with E-state index < -0.39 is 0 Å². The van der Waals surface area contributed by atoms with Gasteiger partial charge in [-0.05, 0) is 55.2 Å². The average molecular weight is 369 g/mol. The van der Waals surface area contributed by atoms with Crippen molar-refractivity contribution in [2.45, 2.75) is 19.3 Å². The summed E-state index contributed by atoms with van der Waals surface area (Å²) in [4.78, 5) is 2.48. The van der Waals surface area contributed by atoms with Gasteiger partial charge in [0, 0.05) is 37.1 Å². The van der Waals surface area contributed by atoms with Crippen LogP contribution >= 0.6 is 12.2 Å². The second-order valence-corrected chi connectivity index (χ2v) is 6.93. The van der Waals surface area contributed by atoms with Gasteiger partial charge < -0.3 is 25.0 Å². The van der Waals surface area contributed by atoms with E-state index in [0.717, 1.165) is 43.2 Å². The first-order valence-electron chi connectivity index (χ1n) is 9.07. The fourth-order valence-corrected chi connectivity index (χ4v) is 3.69. The molecule has 0 radical (unpaired) electrons. The summed E-state index contributed by atoms with van der Waals surface area (Å²) < 4.78 is 10.7. The van der Waals surface area contributed by atoms with Gasteiger partial charge in [0.25, 0.3) is 0 Å². The monoisotopic (exact) mass is 369 g/mol. The number of hydrogen-bond acceptors (Lipinski definition) is 4. The minimum absolute atomic E-state index is 0.279. The number of nitrogens with zero attached hydrogens (tertiary/aromatic N) is 1. The predicted molar refractivity (Wildman–Crippen MR) is 108 cm³/mol. The number of benzene rings is 2. The van der Waals surface area contributed by atoms with Crippen LogP contribution in [0.2, 0.25) is 0 Å². The van der Waals surface area contributed by atoms with Crippen molar-refractivity contribution in [1.29, 1.82) is 0 Å². The molecule has 2 aliphatic rings. The predicted octanol–water partition coefficient (Wildman–Crippen LogP) is 3.54. The summed E-state index contributed by atoms with van der Waals surface area (Å²) in [6.07, 6.45) is 3.46. The van der Waals surface area contributed by atoms with Gasteiger partial charge in [-0.25, -0.2) is 0 Å². The van der Waals surface area contributed by atoms with Crippen molar-refractivity contribution >= 4 is 28.7 Å². The molecule has 0 unspecified atom stereocenters. The summed E-state index contributed by atoms with van der Waals surface area (Å²) in [5, 5.41) is 7.11. The zero-order valence-corrected chi connectivity index (χ0v) is 15.5. The number of thiocarbonyl (C=S) groups is 1. The topological polar surface area (TPSA) is 45.8 Å². The van der Waals surface area contributed by atoms with E-state index in [1.807, 2.05) is 18.2 Å². The smallest absolute Gasteiger partial charge is 0.231 e. The molecule has 0 aromatic heterocycles. The van der Waals surface area contributed by atoms with Crippen LogP contribution in [0.15, 0.2) is 42.5 Å². The molecule has 6 heteroatoms. The Kier molecular flexibility index (Phi) is 5.11. The second kappa shape index (κ2) is 7.83. The number of rotatable bonds is 5. The molecule has 2 aliphatic heterocycles. The highest BCUT2D eigenvalue weighted by Gasteiger charge is 2.16. The molecule has 4 rings (SSSR count). The van der Waals surface area contributed by atoms with E-state index in [1.54, 1.807) is 0 Å². The van der Waals surface area contributed by atoms with Crippen molar-refractivity contribution in [1.82, 2.24) is 5.32 Å². The Morgan fingerprint density at radius 1 is 1.12 bits per heavy atom. The van der Waals surface area contributed by atoms with E-state index in [4.69, 9.17) is 21.7 Å². The molecule has 0 aliphatic carbocycles. The van der Waals surface area contributed by atoms with Crippen LogP contribution in [-0.2, 0) is 6.42 Å². The van der Waals surface area contributed by atoms with Crippen LogP contribution in [-0.4, -0.2) is 31.5 Å². The van der Waals surface area contributed by atoms with Crippen molar-refractivity contribution in [3.8, 4) is 11.5 Å². The van der Waals surface area contributed by atoms with Crippen LogP contribution in [0.25, 0.3) is 0 Å². The summed E-state index contributed by atoms with van der Waals surface area (Å²) in [6.45, 7) is 3.30. The van der Waals surface area contributed by atoms with E-state index in [9.17, 15) is 0 Å². The highest BCUT2D eigenvalue weighted by molar-refractivity contribution is 7.80. The average Bonchev–Trinajstić information content (AvgIpc) is 3.13. The van der Waals surface area contributed by atoms with Crippen LogP contribution in [0.5, 0.6) is 11.5 Å². The first kappa shape index (κ1) is 17.0. The Hall–Kier alpha value is -2.47. The number of ether oxygens (including phenoxy) is 2. The Morgan fingerprint density at radius 2 is 2.00 bits per heavy atom. The van der Waals surface area contributed by atoms with Gasteiger partial charge in [-0.2, -0.15) is 0 Å². The Morgan fingerprint density at radius 3 is 2.96 bits per heavy atom. The molecule has 5 nitrogen and oxygen atoms in total. The largest absolute Gasteiger partial charge is 0.454 e. The summed E-state index contributed by atoms with van der Waals surface area (Å²) in [6, 6.07) is 14.5. The lowest BCUT2D eigenvalue weighted by molar-refractivity contribution is 0.174. The normalized spacial score (nSPS) is 14.7. The van der Waals surface area contributed by atoms with Gasteiger partial charge in [-0.1, -0.05) is 18.2 Å². The van der Waals surface area contributed by atoms with Crippen LogP contribution in [0, 0.1) is 0 Å². The van der Waals surface area contributed by atoms with Gasteiger partial charge in [0.05, 0.1) is 0 Å². The number of fused-ring (bicyclic) bond motifs is 2. The van der Waals surface area contributed by atoms with E-state index in [0.29, 0.717) is 5.11 Å². The number of nitrogens with one attached hydrogen (secondary N) is 2.